The minimum Gasteiger partial charge on any atom is -0.452 e. The van der Waals surface area contributed by atoms with Crippen molar-refractivity contribution in [3.63, 3.8) is 0 Å². The van der Waals surface area contributed by atoms with Crippen LogP contribution in [0.25, 0.3) is 0 Å². The number of carbonyl (C=O) groups is 2. The summed E-state index contributed by atoms with van der Waals surface area (Å²) in [6.45, 7) is 0.163. The summed E-state index contributed by atoms with van der Waals surface area (Å²) in [6, 6.07) is 11.7. The monoisotopic (exact) mass is 528 g/mol. The van der Waals surface area contributed by atoms with Gasteiger partial charge in [-0.3, -0.25) is 9.59 Å². The van der Waals surface area contributed by atoms with Crippen LogP contribution in [-0.4, -0.2) is 60.1 Å². The highest BCUT2D eigenvalue weighted by Gasteiger charge is 2.38. The third-order valence-corrected chi connectivity index (χ3v) is 5.21. The average molecular weight is 529 g/mol. The second-order valence-electron chi connectivity index (χ2n) is 7.64. The molecule has 2 aromatic carbocycles. The molecule has 1 aliphatic rings. The number of rotatable bonds is 11. The molecule has 13 heteroatoms. The van der Waals surface area contributed by atoms with Gasteiger partial charge in [0.05, 0.1) is 0 Å². The van der Waals surface area contributed by atoms with E-state index >= 15 is 0 Å². The normalized spacial score (nSPS) is 15.4. The molecule has 2 amide bonds. The Morgan fingerprint density at radius 1 is 1.25 bits per heavy atom. The van der Waals surface area contributed by atoms with Crippen LogP contribution in [0.4, 0.5) is 13.2 Å². The van der Waals surface area contributed by atoms with Crippen molar-refractivity contribution < 1.29 is 37.3 Å². The van der Waals surface area contributed by atoms with Crippen LogP contribution in [-0.2, 0) is 16.1 Å². The summed E-state index contributed by atoms with van der Waals surface area (Å²) in [6.07, 6.45) is -5.16. The number of carbonyl (C=O) groups excluding carboxylic acids is 2. The van der Waals surface area contributed by atoms with Gasteiger partial charge in [-0.15, -0.1) is 13.2 Å². The number of ether oxygens (including phenoxy) is 2. The predicted molar refractivity (Wildman–Crippen MR) is 123 cm³/mol. The second kappa shape index (κ2) is 11.9. The largest absolute Gasteiger partial charge is 0.573 e. The van der Waals surface area contributed by atoms with Crippen LogP contribution in [0.3, 0.4) is 0 Å². The molecule has 0 saturated carbocycles. The molecular formula is C23H24ClF3N4O5. The maximum Gasteiger partial charge on any atom is 0.573 e. The second-order valence-corrected chi connectivity index (χ2v) is 8.07. The van der Waals surface area contributed by atoms with Gasteiger partial charge in [-0.2, -0.15) is 0 Å². The van der Waals surface area contributed by atoms with E-state index in [0.717, 1.165) is 22.6 Å². The van der Waals surface area contributed by atoms with Gasteiger partial charge in [0.25, 0.3) is 12.3 Å². The highest BCUT2D eigenvalue weighted by Crippen LogP contribution is 2.30. The van der Waals surface area contributed by atoms with Crippen LogP contribution in [0.2, 0.25) is 5.02 Å². The van der Waals surface area contributed by atoms with Gasteiger partial charge < -0.3 is 35.0 Å². The Hall–Kier alpha value is -3.64. The van der Waals surface area contributed by atoms with Crippen LogP contribution < -0.4 is 20.1 Å². The molecule has 0 saturated heterocycles. The molecule has 0 bridgehead atoms. The van der Waals surface area contributed by atoms with Gasteiger partial charge in [0.1, 0.15) is 23.0 Å². The first-order valence-corrected chi connectivity index (χ1v) is 11.1. The van der Waals surface area contributed by atoms with Crippen molar-refractivity contribution in [3.8, 4) is 11.5 Å². The molecule has 36 heavy (non-hydrogen) atoms. The maximum absolute atomic E-state index is 13.1. The first-order chi connectivity index (χ1) is 17.1. The molecule has 9 nitrogen and oxygen atoms in total. The van der Waals surface area contributed by atoms with E-state index in [0.29, 0.717) is 17.9 Å². The van der Waals surface area contributed by atoms with E-state index < -0.39 is 24.4 Å². The molecule has 0 radical (unpaired) electrons. The van der Waals surface area contributed by atoms with Gasteiger partial charge in [0.2, 0.25) is 6.41 Å². The minimum absolute atomic E-state index is 0.0189. The SMILES string of the molecule is CN(C=O)C1=C(C(=O)NCCCO)N(Cc2ccc(Cl)cc2)C(Oc2cccc(OC(F)(F)F)c2)N1. The van der Waals surface area contributed by atoms with Gasteiger partial charge >= 0.3 is 6.36 Å². The summed E-state index contributed by atoms with van der Waals surface area (Å²) in [5.41, 5.74) is 0.796. The molecule has 1 heterocycles. The van der Waals surface area contributed by atoms with E-state index in [2.05, 4.69) is 15.4 Å². The summed E-state index contributed by atoms with van der Waals surface area (Å²) in [4.78, 5) is 27.3. The molecule has 0 fully saturated rings. The Labute approximate surface area is 210 Å². The molecule has 2 aromatic rings. The Morgan fingerprint density at radius 2 is 1.94 bits per heavy atom. The quantitative estimate of drug-likeness (QED) is 0.304. The number of hydrogen-bond donors (Lipinski definition) is 3. The van der Waals surface area contributed by atoms with Crippen molar-refractivity contribution in [2.24, 2.45) is 0 Å². The van der Waals surface area contributed by atoms with Crippen molar-refractivity contribution in [3.05, 3.63) is 70.6 Å². The Kier molecular flexibility index (Phi) is 8.88. The number of aliphatic hydroxyl groups is 1. The van der Waals surface area contributed by atoms with E-state index in [-0.39, 0.29) is 37.0 Å². The van der Waals surface area contributed by atoms with Crippen molar-refractivity contribution >= 4 is 23.9 Å². The van der Waals surface area contributed by atoms with Crippen LogP contribution in [0.1, 0.15) is 12.0 Å². The summed E-state index contributed by atoms with van der Waals surface area (Å²) < 4.78 is 47.8. The number of alkyl halides is 3. The lowest BCUT2D eigenvalue weighted by atomic mass is 10.2. The molecule has 1 unspecified atom stereocenters. The van der Waals surface area contributed by atoms with Crippen molar-refractivity contribution in [2.75, 3.05) is 20.2 Å². The average Bonchev–Trinajstić information content (AvgIpc) is 3.17. The topological polar surface area (TPSA) is 103 Å². The molecule has 3 N–H and O–H groups in total. The number of amides is 2. The van der Waals surface area contributed by atoms with Gasteiger partial charge in [-0.25, -0.2) is 0 Å². The van der Waals surface area contributed by atoms with E-state index in [4.69, 9.17) is 21.4 Å². The highest BCUT2D eigenvalue weighted by molar-refractivity contribution is 6.30. The molecule has 1 atom stereocenters. The van der Waals surface area contributed by atoms with Crippen molar-refractivity contribution in [1.82, 2.24) is 20.4 Å². The van der Waals surface area contributed by atoms with Crippen LogP contribution in [0.5, 0.6) is 11.5 Å². The number of hydrogen-bond acceptors (Lipinski definition) is 7. The Morgan fingerprint density at radius 3 is 2.58 bits per heavy atom. The zero-order chi connectivity index (χ0) is 26.3. The summed E-state index contributed by atoms with van der Waals surface area (Å²) in [5.74, 6) is -0.894. The van der Waals surface area contributed by atoms with E-state index in [1.165, 1.54) is 24.1 Å². The lowest BCUT2D eigenvalue weighted by molar-refractivity contribution is -0.274. The molecule has 3 rings (SSSR count). The Bertz CT molecular complexity index is 1100. The molecule has 1 aliphatic heterocycles. The van der Waals surface area contributed by atoms with E-state index in [1.54, 1.807) is 24.3 Å². The van der Waals surface area contributed by atoms with Gasteiger partial charge in [-0.1, -0.05) is 29.8 Å². The van der Waals surface area contributed by atoms with Crippen LogP contribution in [0, 0.1) is 0 Å². The van der Waals surface area contributed by atoms with E-state index in [9.17, 15) is 22.8 Å². The van der Waals surface area contributed by atoms with Crippen molar-refractivity contribution in [1.29, 1.82) is 0 Å². The smallest absolute Gasteiger partial charge is 0.452 e. The standard InChI is InChI=1S/C23H24ClF3N4O5/c1-30(14-33)20-19(21(34)28-10-3-11-32)31(13-15-6-8-16(24)9-7-15)22(29-20)35-17-4-2-5-18(12-17)36-23(25,26)27/h2,4-9,12,14,22,29,32H,3,10-11,13H2,1H3,(H,28,34). The third-order valence-electron chi connectivity index (χ3n) is 4.95. The highest BCUT2D eigenvalue weighted by atomic mass is 35.5. The maximum atomic E-state index is 13.1. The van der Waals surface area contributed by atoms with Crippen molar-refractivity contribution in [2.45, 2.75) is 25.7 Å². The number of halogens is 4. The van der Waals surface area contributed by atoms with Crippen LogP contribution >= 0.6 is 11.6 Å². The van der Waals surface area contributed by atoms with Gasteiger partial charge in [-0.05, 0) is 36.2 Å². The molecule has 0 aromatic heterocycles. The molecular weight excluding hydrogens is 505 g/mol. The number of nitrogens with zero attached hydrogens (tertiary/aromatic N) is 2. The lowest BCUT2D eigenvalue weighted by Crippen LogP contribution is -2.44. The van der Waals surface area contributed by atoms with Gasteiger partial charge in [0.15, 0.2) is 0 Å². The minimum atomic E-state index is -4.88. The predicted octanol–water partition coefficient (Wildman–Crippen LogP) is 2.76. The zero-order valence-corrected chi connectivity index (χ0v) is 19.8. The number of aliphatic hydroxyl groups excluding tert-OH is 1. The fourth-order valence-electron chi connectivity index (χ4n) is 3.36. The molecule has 0 aliphatic carbocycles. The van der Waals surface area contributed by atoms with E-state index in [1.807, 2.05) is 0 Å². The fourth-order valence-corrected chi connectivity index (χ4v) is 3.48. The first-order valence-electron chi connectivity index (χ1n) is 10.7. The Balaban J connectivity index is 1.95. The third kappa shape index (κ3) is 7.18. The van der Waals surface area contributed by atoms with Crippen LogP contribution in [0.15, 0.2) is 60.0 Å². The van der Waals surface area contributed by atoms with Gasteiger partial charge in [0, 0.05) is 37.8 Å². The fraction of sp³-hybridized carbons (Fsp3) is 0.304. The summed E-state index contributed by atoms with van der Waals surface area (Å²) >= 11 is 5.98. The number of nitrogens with one attached hydrogen (secondary N) is 2. The number of benzene rings is 2. The summed E-state index contributed by atoms with van der Waals surface area (Å²) in [7, 11) is 1.43. The lowest BCUT2D eigenvalue weighted by Gasteiger charge is -2.28. The molecule has 0 spiro atoms. The molecule has 194 valence electrons. The first kappa shape index (κ1) is 27.0. The summed E-state index contributed by atoms with van der Waals surface area (Å²) in [5, 5.41) is 15.2. The zero-order valence-electron chi connectivity index (χ0n) is 19.1.